The molecule has 0 aliphatic heterocycles. The van der Waals surface area contributed by atoms with Crippen LogP contribution in [-0.4, -0.2) is 10.1 Å². The zero-order chi connectivity index (χ0) is 13.5. The summed E-state index contributed by atoms with van der Waals surface area (Å²) in [7, 11) is 0. The molecule has 1 heterocycles. The lowest BCUT2D eigenvalue weighted by atomic mass is 10.1. The average molecular weight is 277 g/mol. The van der Waals surface area contributed by atoms with E-state index >= 15 is 0 Å². The number of unbranched alkanes of at least 4 members (excludes halogenated alkanes) is 1. The molecule has 1 aromatic carbocycles. The zero-order valence-electron chi connectivity index (χ0n) is 11.1. The molecule has 1 unspecified atom stereocenters. The minimum atomic E-state index is -0.136. The van der Waals surface area contributed by atoms with Gasteiger partial charge in [-0.25, -0.2) is 0 Å². The molecule has 0 spiro atoms. The summed E-state index contributed by atoms with van der Waals surface area (Å²) in [6, 6.07) is 10.0. The largest absolute Gasteiger partial charge is 0.338 e. The minimum Gasteiger partial charge on any atom is -0.338 e. The first kappa shape index (κ1) is 14.1. The van der Waals surface area contributed by atoms with Crippen LogP contribution in [0.4, 0.5) is 0 Å². The molecule has 2 rings (SSSR count). The molecular formula is C14H19N3OS. The van der Waals surface area contributed by atoms with Crippen LogP contribution in [0.5, 0.6) is 0 Å². The second-order valence-corrected chi connectivity index (χ2v) is 5.45. The molecule has 0 aliphatic rings. The number of thioether (sulfide) groups is 1. The molecule has 1 atom stereocenters. The van der Waals surface area contributed by atoms with Gasteiger partial charge in [-0.05, 0) is 18.6 Å². The van der Waals surface area contributed by atoms with Crippen LogP contribution >= 0.6 is 11.8 Å². The van der Waals surface area contributed by atoms with E-state index in [9.17, 15) is 0 Å². The maximum absolute atomic E-state index is 6.00. The fraction of sp³-hybridized carbons (Fsp3) is 0.429. The highest BCUT2D eigenvalue weighted by atomic mass is 32.2. The maximum Gasteiger partial charge on any atom is 0.243 e. The van der Waals surface area contributed by atoms with Gasteiger partial charge in [0.15, 0.2) is 5.82 Å². The SMILES string of the molecule is CCCCC(N)c1nc(CSc2ccccc2)no1. The lowest BCUT2D eigenvalue weighted by Crippen LogP contribution is -2.10. The number of aromatic nitrogens is 2. The van der Waals surface area contributed by atoms with Gasteiger partial charge in [0.1, 0.15) is 0 Å². The topological polar surface area (TPSA) is 64.9 Å². The molecule has 4 nitrogen and oxygen atoms in total. The minimum absolute atomic E-state index is 0.136. The Morgan fingerprint density at radius 3 is 2.84 bits per heavy atom. The third-order valence-electron chi connectivity index (χ3n) is 2.78. The summed E-state index contributed by atoms with van der Waals surface area (Å²) in [5.41, 5.74) is 6.00. The van der Waals surface area contributed by atoms with Crippen molar-refractivity contribution in [2.45, 2.75) is 42.9 Å². The number of benzene rings is 1. The van der Waals surface area contributed by atoms with E-state index in [1.165, 1.54) is 4.90 Å². The Bertz CT molecular complexity index is 486. The van der Waals surface area contributed by atoms with Crippen molar-refractivity contribution in [3.05, 3.63) is 42.0 Å². The molecule has 5 heteroatoms. The molecule has 0 amide bonds. The quantitative estimate of drug-likeness (QED) is 0.784. The van der Waals surface area contributed by atoms with Gasteiger partial charge in [0.05, 0.1) is 11.8 Å². The van der Waals surface area contributed by atoms with E-state index in [0.29, 0.717) is 17.5 Å². The smallest absolute Gasteiger partial charge is 0.243 e. The first-order chi connectivity index (χ1) is 9.29. The Kier molecular flexibility index (Phi) is 5.42. The zero-order valence-corrected chi connectivity index (χ0v) is 11.9. The van der Waals surface area contributed by atoms with Crippen LogP contribution in [0.2, 0.25) is 0 Å². The molecule has 0 saturated carbocycles. The fourth-order valence-electron chi connectivity index (χ4n) is 1.69. The molecule has 0 fully saturated rings. The molecule has 102 valence electrons. The number of hydrogen-bond donors (Lipinski definition) is 1. The van der Waals surface area contributed by atoms with Crippen LogP contribution < -0.4 is 5.73 Å². The van der Waals surface area contributed by atoms with Crippen LogP contribution in [-0.2, 0) is 5.75 Å². The van der Waals surface area contributed by atoms with E-state index in [1.807, 2.05) is 18.2 Å². The molecule has 2 N–H and O–H groups in total. The number of rotatable bonds is 7. The standard InChI is InChI=1S/C14H19N3OS/c1-2-3-9-12(15)14-16-13(17-18-14)10-19-11-7-5-4-6-8-11/h4-8,12H,2-3,9-10,15H2,1H3. The number of hydrogen-bond acceptors (Lipinski definition) is 5. The molecule has 2 aromatic rings. The highest BCUT2D eigenvalue weighted by molar-refractivity contribution is 7.98. The summed E-state index contributed by atoms with van der Waals surface area (Å²) in [5.74, 6) is 1.96. The highest BCUT2D eigenvalue weighted by Crippen LogP contribution is 2.22. The molecule has 1 aromatic heterocycles. The van der Waals surface area contributed by atoms with E-state index in [4.69, 9.17) is 10.3 Å². The second-order valence-electron chi connectivity index (χ2n) is 4.40. The predicted molar refractivity (Wildman–Crippen MR) is 76.8 cm³/mol. The lowest BCUT2D eigenvalue weighted by molar-refractivity contribution is 0.343. The Morgan fingerprint density at radius 1 is 1.32 bits per heavy atom. The Balaban J connectivity index is 1.87. The Morgan fingerprint density at radius 2 is 2.11 bits per heavy atom. The fourth-order valence-corrected chi connectivity index (χ4v) is 2.45. The molecule has 19 heavy (non-hydrogen) atoms. The van der Waals surface area contributed by atoms with Gasteiger partial charge in [-0.1, -0.05) is 43.1 Å². The van der Waals surface area contributed by atoms with Gasteiger partial charge in [0.25, 0.3) is 0 Å². The molecule has 0 aliphatic carbocycles. The van der Waals surface area contributed by atoms with Crippen LogP contribution in [0.3, 0.4) is 0 Å². The normalized spacial score (nSPS) is 12.5. The summed E-state index contributed by atoms with van der Waals surface area (Å²) in [5, 5.41) is 3.97. The van der Waals surface area contributed by atoms with Crippen molar-refractivity contribution in [1.82, 2.24) is 10.1 Å². The van der Waals surface area contributed by atoms with Crippen LogP contribution in [0.1, 0.15) is 43.9 Å². The van der Waals surface area contributed by atoms with Crippen LogP contribution in [0.15, 0.2) is 39.8 Å². The van der Waals surface area contributed by atoms with E-state index in [-0.39, 0.29) is 6.04 Å². The van der Waals surface area contributed by atoms with Gasteiger partial charge in [-0.15, -0.1) is 11.8 Å². The lowest BCUT2D eigenvalue weighted by Gasteiger charge is -2.03. The molecule has 0 bridgehead atoms. The van der Waals surface area contributed by atoms with Gasteiger partial charge in [-0.3, -0.25) is 0 Å². The number of nitrogens with two attached hydrogens (primary N) is 1. The monoisotopic (exact) mass is 277 g/mol. The van der Waals surface area contributed by atoms with Crippen molar-refractivity contribution in [2.75, 3.05) is 0 Å². The van der Waals surface area contributed by atoms with Crippen LogP contribution in [0, 0.1) is 0 Å². The average Bonchev–Trinajstić information content (AvgIpc) is 2.92. The van der Waals surface area contributed by atoms with Crippen LogP contribution in [0.25, 0.3) is 0 Å². The van der Waals surface area contributed by atoms with Gasteiger partial charge < -0.3 is 10.3 Å². The van der Waals surface area contributed by atoms with Crippen molar-refractivity contribution in [2.24, 2.45) is 5.73 Å². The van der Waals surface area contributed by atoms with Gasteiger partial charge in [0, 0.05) is 4.90 Å². The predicted octanol–water partition coefficient (Wildman–Crippen LogP) is 3.55. The number of nitrogens with zero attached hydrogens (tertiary/aromatic N) is 2. The van der Waals surface area contributed by atoms with Crippen molar-refractivity contribution in [3.63, 3.8) is 0 Å². The molecular weight excluding hydrogens is 258 g/mol. The summed E-state index contributed by atoms with van der Waals surface area (Å²) >= 11 is 1.69. The highest BCUT2D eigenvalue weighted by Gasteiger charge is 2.14. The molecule has 0 saturated heterocycles. The van der Waals surface area contributed by atoms with Gasteiger partial charge in [-0.2, -0.15) is 4.98 Å². The van der Waals surface area contributed by atoms with Gasteiger partial charge >= 0.3 is 0 Å². The van der Waals surface area contributed by atoms with Crippen molar-refractivity contribution < 1.29 is 4.52 Å². The summed E-state index contributed by atoms with van der Waals surface area (Å²) in [4.78, 5) is 5.55. The maximum atomic E-state index is 6.00. The Labute approximate surface area is 117 Å². The van der Waals surface area contributed by atoms with E-state index in [2.05, 4.69) is 29.2 Å². The first-order valence-corrected chi connectivity index (χ1v) is 7.54. The molecule has 0 radical (unpaired) electrons. The third-order valence-corrected chi connectivity index (χ3v) is 3.79. The van der Waals surface area contributed by atoms with Crippen molar-refractivity contribution in [1.29, 1.82) is 0 Å². The summed E-state index contributed by atoms with van der Waals surface area (Å²) in [6.45, 7) is 2.14. The summed E-state index contributed by atoms with van der Waals surface area (Å²) < 4.78 is 5.21. The summed E-state index contributed by atoms with van der Waals surface area (Å²) in [6.07, 6.45) is 3.10. The van der Waals surface area contributed by atoms with Crippen molar-refractivity contribution in [3.8, 4) is 0 Å². The Hall–Kier alpha value is -1.33. The second kappa shape index (κ2) is 7.31. The first-order valence-electron chi connectivity index (χ1n) is 6.55. The van der Waals surface area contributed by atoms with Gasteiger partial charge in [0.2, 0.25) is 5.89 Å². The van der Waals surface area contributed by atoms with E-state index in [1.54, 1.807) is 11.8 Å². The third kappa shape index (κ3) is 4.36. The van der Waals surface area contributed by atoms with Crippen molar-refractivity contribution >= 4 is 11.8 Å². The van der Waals surface area contributed by atoms with E-state index in [0.717, 1.165) is 19.3 Å². The van der Waals surface area contributed by atoms with E-state index < -0.39 is 0 Å².